The maximum Gasteiger partial charge on any atom is 0.495 e. The smallest absolute Gasteiger partial charge is 0.437 e. The third kappa shape index (κ3) is 6.13. The molecule has 0 amide bonds. The van der Waals surface area contributed by atoms with E-state index in [-0.39, 0.29) is 6.10 Å². The van der Waals surface area contributed by atoms with Gasteiger partial charge in [-0.25, -0.2) is 4.79 Å². The Hall–Kier alpha value is -0.600. The minimum Gasteiger partial charge on any atom is -0.437 e. The molecule has 0 aliphatic rings. The van der Waals surface area contributed by atoms with Gasteiger partial charge in [0.25, 0.3) is 0 Å². The molecule has 0 aliphatic carbocycles. The highest BCUT2D eigenvalue weighted by molar-refractivity contribution is 5.58. The molecule has 0 radical (unpaired) electrons. The van der Waals surface area contributed by atoms with Crippen LogP contribution in [0.15, 0.2) is 0 Å². The molecule has 0 aromatic carbocycles. The van der Waals surface area contributed by atoms with Crippen molar-refractivity contribution in [1.29, 1.82) is 0 Å². The first-order chi connectivity index (χ1) is 5.70. The summed E-state index contributed by atoms with van der Waals surface area (Å²) in [5.74, 6) is 0. The molecule has 2 nitrogen and oxygen atoms in total. The summed E-state index contributed by atoms with van der Waals surface area (Å²) in [6.07, 6.45) is 2.62. The van der Waals surface area contributed by atoms with Crippen LogP contribution in [-0.2, 0) is 4.74 Å². The average Bonchev–Trinajstić information content (AvgIpc) is 2.00. The largest absolute Gasteiger partial charge is 0.495 e. The van der Waals surface area contributed by atoms with Crippen molar-refractivity contribution < 1.29 is 13.9 Å². The summed E-state index contributed by atoms with van der Waals surface area (Å²) >= 11 is 0. The molecular formula is C9H17FO2. The molecule has 0 aromatic heterocycles. The highest BCUT2D eigenvalue weighted by Crippen LogP contribution is 2.11. The molecule has 1 atom stereocenters. The summed E-state index contributed by atoms with van der Waals surface area (Å²) in [6.45, 7) is 4.05. The van der Waals surface area contributed by atoms with Crippen LogP contribution in [0.3, 0.4) is 0 Å². The van der Waals surface area contributed by atoms with E-state index >= 15 is 0 Å². The minimum atomic E-state index is -1.65. The predicted molar refractivity (Wildman–Crippen MR) is 45.8 cm³/mol. The summed E-state index contributed by atoms with van der Waals surface area (Å²) in [7, 11) is 0. The van der Waals surface area contributed by atoms with E-state index in [2.05, 4.69) is 11.7 Å². The second-order valence-corrected chi connectivity index (χ2v) is 2.91. The maximum atomic E-state index is 11.8. The van der Waals surface area contributed by atoms with E-state index in [1.165, 1.54) is 0 Å². The molecule has 1 unspecified atom stereocenters. The molecule has 0 fully saturated rings. The molecule has 0 saturated carbocycles. The lowest BCUT2D eigenvalue weighted by molar-refractivity contribution is 0.0656. The van der Waals surface area contributed by atoms with Crippen LogP contribution in [0.1, 0.15) is 46.0 Å². The van der Waals surface area contributed by atoms with Crippen LogP contribution in [-0.4, -0.2) is 12.3 Å². The molecular weight excluding hydrogens is 159 g/mol. The molecule has 0 heterocycles. The number of hydrogen-bond acceptors (Lipinski definition) is 2. The average molecular weight is 176 g/mol. The first-order valence-corrected chi connectivity index (χ1v) is 4.56. The normalized spacial score (nSPS) is 12.6. The third-order valence-corrected chi connectivity index (χ3v) is 1.75. The van der Waals surface area contributed by atoms with Crippen molar-refractivity contribution in [2.24, 2.45) is 0 Å². The van der Waals surface area contributed by atoms with E-state index in [1.54, 1.807) is 0 Å². The van der Waals surface area contributed by atoms with Gasteiger partial charge in [0, 0.05) is 0 Å². The molecule has 0 saturated heterocycles. The van der Waals surface area contributed by atoms with E-state index in [9.17, 15) is 9.18 Å². The summed E-state index contributed by atoms with van der Waals surface area (Å²) in [5.41, 5.74) is 0. The first kappa shape index (κ1) is 11.4. The van der Waals surface area contributed by atoms with Crippen LogP contribution in [0.4, 0.5) is 9.18 Å². The van der Waals surface area contributed by atoms with Gasteiger partial charge in [0.15, 0.2) is 0 Å². The zero-order valence-electron chi connectivity index (χ0n) is 7.81. The monoisotopic (exact) mass is 176 g/mol. The van der Waals surface area contributed by atoms with Crippen molar-refractivity contribution in [1.82, 2.24) is 0 Å². The van der Waals surface area contributed by atoms with Gasteiger partial charge in [-0.05, 0) is 12.8 Å². The van der Waals surface area contributed by atoms with E-state index in [4.69, 9.17) is 0 Å². The Kier molecular flexibility index (Phi) is 6.72. The van der Waals surface area contributed by atoms with E-state index < -0.39 is 6.22 Å². The topological polar surface area (TPSA) is 26.3 Å². The summed E-state index contributed by atoms with van der Waals surface area (Å²) in [4.78, 5) is 10.0. The van der Waals surface area contributed by atoms with Crippen LogP contribution in [0.2, 0.25) is 0 Å². The third-order valence-electron chi connectivity index (χ3n) is 1.75. The zero-order chi connectivity index (χ0) is 9.40. The van der Waals surface area contributed by atoms with Crippen molar-refractivity contribution in [2.45, 2.75) is 52.1 Å². The Morgan fingerprint density at radius 2 is 2.00 bits per heavy atom. The number of hydrogen-bond donors (Lipinski definition) is 0. The summed E-state index contributed by atoms with van der Waals surface area (Å²) < 4.78 is 16.3. The molecule has 0 bridgehead atoms. The van der Waals surface area contributed by atoms with Crippen LogP contribution >= 0.6 is 0 Å². The number of ether oxygens (including phenoxy) is 1. The van der Waals surface area contributed by atoms with Gasteiger partial charge in [0.05, 0.1) is 0 Å². The number of carbonyl (C=O) groups is 1. The SMILES string of the molecule is CCCCC(CCC)OC(=O)F. The molecule has 0 N–H and O–H groups in total. The zero-order valence-corrected chi connectivity index (χ0v) is 7.81. The lowest BCUT2D eigenvalue weighted by atomic mass is 10.1. The molecule has 0 aromatic rings. The van der Waals surface area contributed by atoms with Gasteiger partial charge < -0.3 is 4.74 Å². The van der Waals surface area contributed by atoms with Gasteiger partial charge in [-0.15, -0.1) is 4.39 Å². The highest BCUT2D eigenvalue weighted by Gasteiger charge is 2.11. The van der Waals surface area contributed by atoms with Crippen LogP contribution in [0, 0.1) is 0 Å². The fourth-order valence-electron chi connectivity index (χ4n) is 1.15. The van der Waals surface area contributed by atoms with E-state index in [0.29, 0.717) is 0 Å². The second kappa shape index (κ2) is 7.07. The summed E-state index contributed by atoms with van der Waals surface area (Å²) in [5, 5.41) is 0. The second-order valence-electron chi connectivity index (χ2n) is 2.91. The van der Waals surface area contributed by atoms with Gasteiger partial charge in [0.1, 0.15) is 6.10 Å². The van der Waals surface area contributed by atoms with Crippen LogP contribution in [0.25, 0.3) is 0 Å². The quantitative estimate of drug-likeness (QED) is 0.579. The van der Waals surface area contributed by atoms with Crippen molar-refractivity contribution in [2.75, 3.05) is 0 Å². The fourth-order valence-corrected chi connectivity index (χ4v) is 1.15. The van der Waals surface area contributed by atoms with Gasteiger partial charge >= 0.3 is 6.22 Å². The molecule has 0 spiro atoms. The molecule has 12 heavy (non-hydrogen) atoms. The molecule has 72 valence electrons. The molecule has 3 heteroatoms. The Bertz CT molecular complexity index is 126. The minimum absolute atomic E-state index is 0.215. The van der Waals surface area contributed by atoms with Gasteiger partial charge in [-0.3, -0.25) is 0 Å². The highest BCUT2D eigenvalue weighted by atomic mass is 19.1. The van der Waals surface area contributed by atoms with Crippen LogP contribution < -0.4 is 0 Å². The van der Waals surface area contributed by atoms with E-state index in [0.717, 1.165) is 32.1 Å². The predicted octanol–water partition coefficient (Wildman–Crippen LogP) is 3.45. The Morgan fingerprint density at radius 1 is 1.33 bits per heavy atom. The first-order valence-electron chi connectivity index (χ1n) is 4.56. The summed E-state index contributed by atoms with van der Waals surface area (Å²) in [6, 6.07) is 0. The maximum absolute atomic E-state index is 11.8. The lowest BCUT2D eigenvalue weighted by Crippen LogP contribution is -2.14. The Labute approximate surface area is 73.1 Å². The van der Waals surface area contributed by atoms with Gasteiger partial charge in [-0.1, -0.05) is 33.1 Å². The van der Waals surface area contributed by atoms with Crippen LogP contribution in [0.5, 0.6) is 0 Å². The fraction of sp³-hybridized carbons (Fsp3) is 0.889. The molecule has 0 rings (SSSR count). The Balaban J connectivity index is 3.61. The lowest BCUT2D eigenvalue weighted by Gasteiger charge is -2.13. The number of carbonyl (C=O) groups excluding carboxylic acids is 1. The van der Waals surface area contributed by atoms with Crippen molar-refractivity contribution in [3.05, 3.63) is 0 Å². The number of halogens is 1. The Morgan fingerprint density at radius 3 is 2.42 bits per heavy atom. The number of unbranched alkanes of at least 4 members (excludes halogenated alkanes) is 1. The van der Waals surface area contributed by atoms with E-state index in [1.807, 2.05) is 6.92 Å². The number of rotatable bonds is 6. The van der Waals surface area contributed by atoms with Crippen molar-refractivity contribution in [3.8, 4) is 0 Å². The standard InChI is InChI=1S/C9H17FO2/c1-3-5-7-8(6-4-2)12-9(10)11/h8H,3-7H2,1-2H3. The van der Waals surface area contributed by atoms with Gasteiger partial charge in [-0.2, -0.15) is 0 Å². The molecule has 0 aliphatic heterocycles. The van der Waals surface area contributed by atoms with Crippen molar-refractivity contribution >= 4 is 6.22 Å². The van der Waals surface area contributed by atoms with Crippen molar-refractivity contribution in [3.63, 3.8) is 0 Å². The van der Waals surface area contributed by atoms with Gasteiger partial charge in [0.2, 0.25) is 0 Å².